The molecular formula is C42H32N2. The maximum Gasteiger partial charge on any atom is 0.0504 e. The first kappa shape index (κ1) is 26.2. The summed E-state index contributed by atoms with van der Waals surface area (Å²) in [6, 6.07) is 54.0. The van der Waals surface area contributed by atoms with Crippen LogP contribution in [0.25, 0.3) is 59.6 Å². The standard InChI is InChI=1S/C42H32N2/c43-40(30-13-2-1-3-14-30)26-41(37-20-10-16-31-22-21-29-12-5-9-19-35(29)42(31)37)44-27-39-34-18-8-6-15-32(34)25-38-33-17-7-4-11-28(33)23-24-36(38)39/h1-26,40,44H,27,43H2/b41-26-. The fraction of sp³-hybridized carbons (Fsp3) is 0.0476. The van der Waals surface area contributed by atoms with Gasteiger partial charge in [0.2, 0.25) is 0 Å². The van der Waals surface area contributed by atoms with Crippen molar-refractivity contribution in [2.75, 3.05) is 0 Å². The van der Waals surface area contributed by atoms with Crippen LogP contribution in [0.2, 0.25) is 0 Å². The van der Waals surface area contributed by atoms with Crippen LogP contribution in [-0.2, 0) is 6.54 Å². The largest absolute Gasteiger partial charge is 0.381 e. The highest BCUT2D eigenvalue weighted by atomic mass is 14.9. The summed E-state index contributed by atoms with van der Waals surface area (Å²) in [5.74, 6) is 0. The molecule has 0 radical (unpaired) electrons. The lowest BCUT2D eigenvalue weighted by Crippen LogP contribution is -2.16. The van der Waals surface area contributed by atoms with Crippen LogP contribution in [0.4, 0.5) is 0 Å². The molecule has 0 spiro atoms. The van der Waals surface area contributed by atoms with Crippen LogP contribution in [0, 0.1) is 0 Å². The first-order valence-electron chi connectivity index (χ1n) is 15.2. The monoisotopic (exact) mass is 564 g/mol. The predicted molar refractivity (Wildman–Crippen MR) is 189 cm³/mol. The molecule has 0 saturated heterocycles. The van der Waals surface area contributed by atoms with Gasteiger partial charge in [-0.1, -0.05) is 146 Å². The molecule has 210 valence electrons. The van der Waals surface area contributed by atoms with E-state index in [0.29, 0.717) is 6.54 Å². The zero-order chi connectivity index (χ0) is 29.5. The lowest BCUT2D eigenvalue weighted by Gasteiger charge is -2.20. The van der Waals surface area contributed by atoms with Crippen molar-refractivity contribution >= 4 is 59.6 Å². The van der Waals surface area contributed by atoms with Gasteiger partial charge in [0.05, 0.1) is 6.04 Å². The molecule has 1 unspecified atom stereocenters. The normalized spacial score (nSPS) is 12.8. The number of rotatable bonds is 6. The van der Waals surface area contributed by atoms with Crippen LogP contribution in [-0.4, -0.2) is 0 Å². The van der Waals surface area contributed by atoms with E-state index in [9.17, 15) is 0 Å². The third-order valence-corrected chi connectivity index (χ3v) is 8.93. The number of benzene rings is 8. The molecule has 0 amide bonds. The summed E-state index contributed by atoms with van der Waals surface area (Å²) in [5.41, 5.74) is 11.4. The molecule has 0 heterocycles. The molecule has 2 heteroatoms. The van der Waals surface area contributed by atoms with Gasteiger partial charge in [-0.2, -0.15) is 0 Å². The molecule has 8 aromatic rings. The molecular weight excluding hydrogens is 532 g/mol. The fourth-order valence-electron chi connectivity index (χ4n) is 6.77. The molecule has 8 rings (SSSR count). The molecule has 44 heavy (non-hydrogen) atoms. The van der Waals surface area contributed by atoms with Crippen molar-refractivity contribution in [3.05, 3.63) is 174 Å². The summed E-state index contributed by atoms with van der Waals surface area (Å²) in [7, 11) is 0. The summed E-state index contributed by atoms with van der Waals surface area (Å²) in [5, 5.41) is 16.4. The van der Waals surface area contributed by atoms with E-state index >= 15 is 0 Å². The molecule has 1 atom stereocenters. The van der Waals surface area contributed by atoms with Crippen molar-refractivity contribution in [1.29, 1.82) is 0 Å². The van der Waals surface area contributed by atoms with Gasteiger partial charge in [-0.3, -0.25) is 0 Å². The van der Waals surface area contributed by atoms with Crippen LogP contribution in [0.3, 0.4) is 0 Å². The third kappa shape index (κ3) is 4.57. The van der Waals surface area contributed by atoms with E-state index in [1.807, 2.05) is 18.2 Å². The van der Waals surface area contributed by atoms with E-state index in [2.05, 4.69) is 145 Å². The Morgan fingerprint density at radius 1 is 0.523 bits per heavy atom. The minimum atomic E-state index is -0.267. The van der Waals surface area contributed by atoms with Crippen LogP contribution >= 0.6 is 0 Å². The maximum absolute atomic E-state index is 6.89. The van der Waals surface area contributed by atoms with E-state index in [1.54, 1.807) is 0 Å². The molecule has 0 aromatic heterocycles. The van der Waals surface area contributed by atoms with Crippen molar-refractivity contribution in [1.82, 2.24) is 5.32 Å². The van der Waals surface area contributed by atoms with Gasteiger partial charge in [-0.15, -0.1) is 0 Å². The summed E-state index contributed by atoms with van der Waals surface area (Å²) in [6.45, 7) is 0.657. The molecule has 0 aliphatic carbocycles. The Hall–Kier alpha value is -5.44. The van der Waals surface area contributed by atoms with E-state index in [-0.39, 0.29) is 6.04 Å². The summed E-state index contributed by atoms with van der Waals surface area (Å²) >= 11 is 0. The van der Waals surface area contributed by atoms with Crippen LogP contribution in [0.15, 0.2) is 158 Å². The lowest BCUT2D eigenvalue weighted by atomic mass is 9.92. The van der Waals surface area contributed by atoms with Crippen molar-refractivity contribution in [2.24, 2.45) is 5.73 Å². The van der Waals surface area contributed by atoms with E-state index < -0.39 is 0 Å². The molecule has 0 aliphatic heterocycles. The van der Waals surface area contributed by atoms with Gasteiger partial charge in [0, 0.05) is 17.8 Å². The maximum atomic E-state index is 6.89. The Balaban J connectivity index is 1.32. The Labute approximate surface area is 257 Å². The summed E-state index contributed by atoms with van der Waals surface area (Å²) < 4.78 is 0. The van der Waals surface area contributed by atoms with Crippen molar-refractivity contribution < 1.29 is 0 Å². The van der Waals surface area contributed by atoms with Crippen molar-refractivity contribution in [3.8, 4) is 0 Å². The van der Waals surface area contributed by atoms with E-state index in [4.69, 9.17) is 5.73 Å². The van der Waals surface area contributed by atoms with Crippen molar-refractivity contribution in [2.45, 2.75) is 12.6 Å². The quantitative estimate of drug-likeness (QED) is 0.156. The highest BCUT2D eigenvalue weighted by Crippen LogP contribution is 2.36. The molecule has 0 aliphatic rings. The average Bonchev–Trinajstić information content (AvgIpc) is 3.09. The highest BCUT2D eigenvalue weighted by molar-refractivity contribution is 6.14. The fourth-order valence-corrected chi connectivity index (χ4v) is 6.77. The molecule has 8 aromatic carbocycles. The predicted octanol–water partition coefficient (Wildman–Crippen LogP) is 10.3. The SMILES string of the molecule is NC(/C=C(\NCc1c2ccccc2cc2c1ccc1ccccc12)c1cccc2ccc3ccccc3c12)c1ccccc1. The summed E-state index contributed by atoms with van der Waals surface area (Å²) in [4.78, 5) is 0. The first-order valence-corrected chi connectivity index (χ1v) is 15.2. The first-order chi connectivity index (χ1) is 21.7. The number of nitrogens with one attached hydrogen (secondary N) is 1. The third-order valence-electron chi connectivity index (χ3n) is 8.93. The second-order valence-corrected chi connectivity index (χ2v) is 11.5. The number of hydrogen-bond donors (Lipinski definition) is 2. The highest BCUT2D eigenvalue weighted by Gasteiger charge is 2.15. The van der Waals surface area contributed by atoms with E-state index in [0.717, 1.165) is 16.8 Å². The van der Waals surface area contributed by atoms with E-state index in [1.165, 1.54) is 59.4 Å². The van der Waals surface area contributed by atoms with Gasteiger partial charge in [0.1, 0.15) is 0 Å². The summed E-state index contributed by atoms with van der Waals surface area (Å²) in [6.07, 6.45) is 2.19. The smallest absolute Gasteiger partial charge is 0.0504 e. The minimum Gasteiger partial charge on any atom is -0.381 e. The van der Waals surface area contributed by atoms with Gasteiger partial charge >= 0.3 is 0 Å². The Morgan fingerprint density at radius 3 is 1.95 bits per heavy atom. The van der Waals surface area contributed by atoms with Gasteiger partial charge in [-0.05, 0) is 77.1 Å². The van der Waals surface area contributed by atoms with Gasteiger partial charge < -0.3 is 11.1 Å². The minimum absolute atomic E-state index is 0.267. The molecule has 3 N–H and O–H groups in total. The lowest BCUT2D eigenvalue weighted by molar-refractivity contribution is 0.866. The Kier molecular flexibility index (Phi) is 6.55. The molecule has 0 bridgehead atoms. The van der Waals surface area contributed by atoms with Gasteiger partial charge in [-0.25, -0.2) is 0 Å². The van der Waals surface area contributed by atoms with Crippen LogP contribution in [0.5, 0.6) is 0 Å². The van der Waals surface area contributed by atoms with Crippen molar-refractivity contribution in [3.63, 3.8) is 0 Å². The molecule has 0 fully saturated rings. The second kappa shape index (κ2) is 11.0. The second-order valence-electron chi connectivity index (χ2n) is 11.5. The van der Waals surface area contributed by atoms with Crippen LogP contribution in [0.1, 0.15) is 22.7 Å². The zero-order valence-corrected chi connectivity index (χ0v) is 24.4. The Bertz CT molecular complexity index is 2350. The van der Waals surface area contributed by atoms with Gasteiger partial charge in [0.15, 0.2) is 0 Å². The zero-order valence-electron chi connectivity index (χ0n) is 24.4. The molecule has 0 saturated carbocycles. The van der Waals surface area contributed by atoms with Crippen LogP contribution < -0.4 is 11.1 Å². The number of hydrogen-bond acceptors (Lipinski definition) is 2. The van der Waals surface area contributed by atoms with Gasteiger partial charge in [0.25, 0.3) is 0 Å². The molecule has 2 nitrogen and oxygen atoms in total. The topological polar surface area (TPSA) is 38.0 Å². The Morgan fingerprint density at radius 2 is 1.14 bits per heavy atom. The number of fused-ring (bicyclic) bond motifs is 7. The number of nitrogens with two attached hydrogens (primary N) is 1. The average molecular weight is 565 g/mol.